The summed E-state index contributed by atoms with van der Waals surface area (Å²) in [5, 5.41) is 2.89. The van der Waals surface area contributed by atoms with E-state index in [4.69, 9.17) is 4.74 Å². The quantitative estimate of drug-likeness (QED) is 0.884. The third-order valence-corrected chi connectivity index (χ3v) is 4.39. The molecule has 1 fully saturated rings. The molecule has 1 saturated heterocycles. The van der Waals surface area contributed by atoms with E-state index in [1.54, 1.807) is 6.07 Å². The lowest BCUT2D eigenvalue weighted by Crippen LogP contribution is -2.27. The average molecular weight is 354 g/mol. The number of rotatable bonds is 5. The van der Waals surface area contributed by atoms with Gasteiger partial charge in [-0.2, -0.15) is 0 Å². The molecule has 1 aromatic carbocycles. The normalized spacial score (nSPS) is 14.6. The second kappa shape index (κ2) is 8.65. The summed E-state index contributed by atoms with van der Waals surface area (Å²) in [7, 11) is 0. The first-order valence-corrected chi connectivity index (χ1v) is 9.30. The van der Waals surface area contributed by atoms with Gasteiger partial charge in [0.15, 0.2) is 0 Å². The Balaban J connectivity index is 1.74. The summed E-state index contributed by atoms with van der Waals surface area (Å²) in [5.41, 5.74) is 1.91. The summed E-state index contributed by atoms with van der Waals surface area (Å²) in [5.74, 6) is 1.21. The van der Waals surface area contributed by atoms with Crippen LogP contribution in [0, 0.1) is 6.92 Å². The Morgan fingerprint density at radius 1 is 1.12 bits per heavy atom. The third-order valence-electron chi connectivity index (χ3n) is 4.39. The van der Waals surface area contributed by atoms with E-state index in [0.29, 0.717) is 23.9 Å². The number of amides is 1. The summed E-state index contributed by atoms with van der Waals surface area (Å²) in [4.78, 5) is 23.9. The number of nitrogens with zero attached hydrogens (tertiary/aromatic N) is 3. The minimum atomic E-state index is -0.226. The summed E-state index contributed by atoms with van der Waals surface area (Å²) in [6.07, 6.45) is 4.77. The first kappa shape index (κ1) is 18.2. The molecule has 2 heterocycles. The number of hydrogen-bond acceptors (Lipinski definition) is 5. The van der Waals surface area contributed by atoms with Gasteiger partial charge < -0.3 is 15.0 Å². The Morgan fingerprint density at radius 3 is 2.46 bits per heavy atom. The van der Waals surface area contributed by atoms with Crippen molar-refractivity contribution in [1.29, 1.82) is 0 Å². The lowest BCUT2D eigenvalue weighted by atomic mass is 10.2. The van der Waals surface area contributed by atoms with Crippen LogP contribution in [0.2, 0.25) is 0 Å². The zero-order chi connectivity index (χ0) is 18.4. The van der Waals surface area contributed by atoms with Crippen LogP contribution in [0.25, 0.3) is 0 Å². The largest absolute Gasteiger partial charge is 0.494 e. The van der Waals surface area contributed by atoms with Gasteiger partial charge in [0.25, 0.3) is 5.91 Å². The van der Waals surface area contributed by atoms with Crippen LogP contribution in [-0.2, 0) is 0 Å². The molecule has 0 saturated carbocycles. The van der Waals surface area contributed by atoms with Gasteiger partial charge in [0.1, 0.15) is 11.4 Å². The van der Waals surface area contributed by atoms with Crippen molar-refractivity contribution < 1.29 is 9.53 Å². The minimum absolute atomic E-state index is 0.226. The number of benzene rings is 1. The van der Waals surface area contributed by atoms with Crippen LogP contribution in [-0.4, -0.2) is 35.6 Å². The second-order valence-corrected chi connectivity index (χ2v) is 6.51. The molecule has 0 unspecified atom stereocenters. The van der Waals surface area contributed by atoms with Gasteiger partial charge in [0.05, 0.1) is 6.61 Å². The molecule has 6 nitrogen and oxygen atoms in total. The summed E-state index contributed by atoms with van der Waals surface area (Å²) in [6.45, 7) is 6.35. The molecule has 1 N–H and O–H groups in total. The number of aromatic nitrogens is 2. The SMILES string of the molecule is CCOc1ccc(NC(=O)c2cc(C)nc(N3CCCCCC3)n2)cc1. The van der Waals surface area contributed by atoms with Gasteiger partial charge >= 0.3 is 0 Å². The molecule has 1 aliphatic heterocycles. The number of ether oxygens (including phenoxy) is 1. The maximum Gasteiger partial charge on any atom is 0.274 e. The van der Waals surface area contributed by atoms with Crippen molar-refractivity contribution in [2.75, 3.05) is 29.9 Å². The van der Waals surface area contributed by atoms with Crippen molar-refractivity contribution in [3.05, 3.63) is 41.7 Å². The fourth-order valence-electron chi connectivity index (χ4n) is 3.08. The maximum absolute atomic E-state index is 12.6. The highest BCUT2D eigenvalue weighted by molar-refractivity contribution is 6.03. The van der Waals surface area contributed by atoms with E-state index in [1.165, 1.54) is 12.8 Å². The number of hydrogen-bond donors (Lipinski definition) is 1. The fourth-order valence-corrected chi connectivity index (χ4v) is 3.08. The number of carbonyl (C=O) groups excluding carboxylic acids is 1. The number of aryl methyl sites for hydroxylation is 1. The molecule has 1 aliphatic rings. The van der Waals surface area contributed by atoms with Crippen molar-refractivity contribution in [2.24, 2.45) is 0 Å². The van der Waals surface area contributed by atoms with Crippen LogP contribution in [0.15, 0.2) is 30.3 Å². The van der Waals surface area contributed by atoms with E-state index in [0.717, 1.165) is 37.4 Å². The lowest BCUT2D eigenvalue weighted by molar-refractivity contribution is 0.102. The van der Waals surface area contributed by atoms with E-state index < -0.39 is 0 Å². The van der Waals surface area contributed by atoms with E-state index in [2.05, 4.69) is 20.2 Å². The van der Waals surface area contributed by atoms with Crippen molar-refractivity contribution in [3.63, 3.8) is 0 Å². The maximum atomic E-state index is 12.6. The van der Waals surface area contributed by atoms with Crippen LogP contribution in [0.3, 0.4) is 0 Å². The van der Waals surface area contributed by atoms with Crippen LogP contribution in [0.1, 0.15) is 48.8 Å². The topological polar surface area (TPSA) is 67.3 Å². The molecular formula is C20H26N4O2. The molecule has 0 spiro atoms. The molecule has 138 valence electrons. The van der Waals surface area contributed by atoms with Gasteiger partial charge in [0.2, 0.25) is 5.95 Å². The fraction of sp³-hybridized carbons (Fsp3) is 0.450. The van der Waals surface area contributed by atoms with Gasteiger partial charge in [0, 0.05) is 24.5 Å². The molecule has 0 aliphatic carbocycles. The van der Waals surface area contributed by atoms with Crippen molar-refractivity contribution in [1.82, 2.24) is 9.97 Å². The highest BCUT2D eigenvalue weighted by atomic mass is 16.5. The summed E-state index contributed by atoms with van der Waals surface area (Å²) in [6, 6.07) is 9.06. The van der Waals surface area contributed by atoms with Crippen molar-refractivity contribution >= 4 is 17.5 Å². The summed E-state index contributed by atoms with van der Waals surface area (Å²) >= 11 is 0. The molecule has 6 heteroatoms. The Morgan fingerprint density at radius 2 is 1.81 bits per heavy atom. The smallest absolute Gasteiger partial charge is 0.274 e. The van der Waals surface area contributed by atoms with Crippen LogP contribution < -0.4 is 15.0 Å². The monoisotopic (exact) mass is 354 g/mol. The van der Waals surface area contributed by atoms with E-state index in [1.807, 2.05) is 38.1 Å². The standard InChI is InChI=1S/C20H26N4O2/c1-3-26-17-10-8-16(9-11-17)22-19(25)18-14-15(2)21-20(23-18)24-12-6-4-5-7-13-24/h8-11,14H,3-7,12-13H2,1-2H3,(H,22,25). The Hall–Kier alpha value is -2.63. The predicted octanol–water partition coefficient (Wildman–Crippen LogP) is 3.82. The van der Waals surface area contributed by atoms with Gasteiger partial charge in [-0.05, 0) is 57.0 Å². The van der Waals surface area contributed by atoms with Crippen LogP contribution in [0.4, 0.5) is 11.6 Å². The first-order chi connectivity index (χ1) is 12.7. The van der Waals surface area contributed by atoms with Crippen molar-refractivity contribution in [3.8, 4) is 5.75 Å². The number of anilines is 2. The van der Waals surface area contributed by atoms with Gasteiger partial charge in [-0.1, -0.05) is 12.8 Å². The Bertz CT molecular complexity index is 738. The minimum Gasteiger partial charge on any atom is -0.494 e. The Kier molecular flexibility index (Phi) is 6.04. The number of nitrogens with one attached hydrogen (secondary N) is 1. The molecule has 0 atom stereocenters. The average Bonchev–Trinajstić information content (AvgIpc) is 2.92. The highest BCUT2D eigenvalue weighted by Crippen LogP contribution is 2.19. The van der Waals surface area contributed by atoms with E-state index >= 15 is 0 Å². The molecule has 1 aromatic heterocycles. The molecule has 0 radical (unpaired) electrons. The molecule has 3 rings (SSSR count). The predicted molar refractivity (Wildman–Crippen MR) is 103 cm³/mol. The molecule has 26 heavy (non-hydrogen) atoms. The lowest BCUT2D eigenvalue weighted by Gasteiger charge is -2.21. The molecule has 1 amide bonds. The van der Waals surface area contributed by atoms with Crippen LogP contribution >= 0.6 is 0 Å². The van der Waals surface area contributed by atoms with Crippen molar-refractivity contribution in [2.45, 2.75) is 39.5 Å². The zero-order valence-corrected chi connectivity index (χ0v) is 15.5. The van der Waals surface area contributed by atoms with E-state index in [9.17, 15) is 4.79 Å². The van der Waals surface area contributed by atoms with Gasteiger partial charge in [-0.3, -0.25) is 4.79 Å². The zero-order valence-electron chi connectivity index (χ0n) is 15.5. The van der Waals surface area contributed by atoms with Gasteiger partial charge in [-0.15, -0.1) is 0 Å². The second-order valence-electron chi connectivity index (χ2n) is 6.51. The van der Waals surface area contributed by atoms with Gasteiger partial charge in [-0.25, -0.2) is 9.97 Å². The third kappa shape index (κ3) is 4.71. The Labute approximate surface area is 154 Å². The van der Waals surface area contributed by atoms with E-state index in [-0.39, 0.29) is 5.91 Å². The van der Waals surface area contributed by atoms with Crippen LogP contribution in [0.5, 0.6) is 5.75 Å². The molecular weight excluding hydrogens is 328 g/mol. The molecule has 0 bridgehead atoms. The first-order valence-electron chi connectivity index (χ1n) is 9.30. The molecule has 2 aromatic rings. The summed E-state index contributed by atoms with van der Waals surface area (Å²) < 4.78 is 5.42. The number of carbonyl (C=O) groups is 1. The highest BCUT2D eigenvalue weighted by Gasteiger charge is 2.16.